The van der Waals surface area contributed by atoms with E-state index in [9.17, 15) is 8.42 Å². The largest absolute Gasteiger partial charge is 0.409 e. The van der Waals surface area contributed by atoms with E-state index in [1.807, 2.05) is 0 Å². The molecule has 1 fully saturated rings. The molecule has 1 aliphatic carbocycles. The first kappa shape index (κ1) is 15.7. The lowest BCUT2D eigenvalue weighted by molar-refractivity contribution is 0.312. The van der Waals surface area contributed by atoms with Crippen molar-refractivity contribution >= 4 is 15.9 Å². The van der Waals surface area contributed by atoms with Crippen LogP contribution in [0, 0.1) is 5.92 Å². The second-order valence-corrected chi connectivity index (χ2v) is 7.08. The van der Waals surface area contributed by atoms with Crippen molar-refractivity contribution in [2.24, 2.45) is 16.8 Å². The van der Waals surface area contributed by atoms with Crippen LogP contribution in [-0.4, -0.2) is 36.2 Å². The van der Waals surface area contributed by atoms with Crippen LogP contribution in [0.25, 0.3) is 0 Å². The van der Waals surface area contributed by atoms with E-state index in [1.165, 1.54) is 0 Å². The molecule has 2 rings (SSSR count). The molecule has 0 spiro atoms. The molecule has 2 atom stereocenters. The van der Waals surface area contributed by atoms with E-state index < -0.39 is 10.0 Å². The van der Waals surface area contributed by atoms with Crippen molar-refractivity contribution in [3.63, 3.8) is 0 Å². The Balaban J connectivity index is 1.94. The number of aryl methyl sites for hydroxylation is 1. The molecule has 0 aromatic carbocycles. The van der Waals surface area contributed by atoms with Gasteiger partial charge < -0.3 is 10.9 Å². The van der Waals surface area contributed by atoms with Crippen LogP contribution in [0.3, 0.4) is 0 Å². The normalized spacial score (nSPS) is 23.3. The molecular weight excluding hydrogens is 292 g/mol. The lowest BCUT2D eigenvalue weighted by atomic mass is 10.0. The zero-order valence-corrected chi connectivity index (χ0v) is 12.5. The highest BCUT2D eigenvalue weighted by atomic mass is 32.2. The minimum absolute atomic E-state index is 0.0103. The van der Waals surface area contributed by atoms with Crippen LogP contribution < -0.4 is 10.5 Å². The maximum absolute atomic E-state index is 12.1. The van der Waals surface area contributed by atoms with Gasteiger partial charge in [-0.15, -0.1) is 0 Å². The number of aromatic nitrogens is 1. The molecule has 1 aliphatic rings. The topological polar surface area (TPSA) is 118 Å². The van der Waals surface area contributed by atoms with E-state index in [-0.39, 0.29) is 23.5 Å². The number of hydrogen-bond donors (Lipinski definition) is 3. The minimum atomic E-state index is -3.40. The third kappa shape index (κ3) is 4.40. The summed E-state index contributed by atoms with van der Waals surface area (Å²) in [4.78, 5) is 3.90. The number of amidine groups is 1. The van der Waals surface area contributed by atoms with E-state index in [0.717, 1.165) is 18.4 Å². The smallest absolute Gasteiger partial charge is 0.212 e. The highest BCUT2D eigenvalue weighted by Gasteiger charge is 2.33. The first-order valence-corrected chi connectivity index (χ1v) is 8.53. The summed E-state index contributed by atoms with van der Waals surface area (Å²) in [6, 6.07) is 3.30. The number of nitrogens with two attached hydrogens (primary N) is 1. The number of rotatable bonds is 6. The van der Waals surface area contributed by atoms with Crippen LogP contribution in [0.2, 0.25) is 0 Å². The van der Waals surface area contributed by atoms with Crippen LogP contribution in [0.4, 0.5) is 0 Å². The van der Waals surface area contributed by atoms with Crippen molar-refractivity contribution in [1.29, 1.82) is 0 Å². The molecule has 0 bridgehead atoms. The number of sulfonamides is 1. The summed E-state index contributed by atoms with van der Waals surface area (Å²) < 4.78 is 27.0. The van der Waals surface area contributed by atoms with Crippen LogP contribution in [0.1, 0.15) is 24.8 Å². The SMILES string of the molecule is NC(=NO)C1CCCC1NS(=O)(=O)CCc1ccncc1. The quantitative estimate of drug-likeness (QED) is 0.305. The second-order valence-electron chi connectivity index (χ2n) is 5.21. The van der Waals surface area contributed by atoms with Crippen LogP contribution in [-0.2, 0) is 16.4 Å². The summed E-state index contributed by atoms with van der Waals surface area (Å²) in [5.41, 5.74) is 6.54. The van der Waals surface area contributed by atoms with E-state index in [2.05, 4.69) is 14.9 Å². The Hall–Kier alpha value is -1.67. The molecule has 116 valence electrons. The number of hydrogen-bond acceptors (Lipinski definition) is 5. The fraction of sp³-hybridized carbons (Fsp3) is 0.538. The molecule has 7 nitrogen and oxygen atoms in total. The van der Waals surface area contributed by atoms with Gasteiger partial charge in [-0.05, 0) is 37.0 Å². The van der Waals surface area contributed by atoms with E-state index in [4.69, 9.17) is 10.9 Å². The molecule has 8 heteroatoms. The van der Waals surface area contributed by atoms with Gasteiger partial charge in [0.2, 0.25) is 10.0 Å². The molecule has 0 saturated heterocycles. The van der Waals surface area contributed by atoms with Crippen molar-refractivity contribution < 1.29 is 13.6 Å². The highest BCUT2D eigenvalue weighted by molar-refractivity contribution is 7.89. The number of oxime groups is 1. The maximum Gasteiger partial charge on any atom is 0.212 e. The molecule has 1 aromatic heterocycles. The summed E-state index contributed by atoms with van der Waals surface area (Å²) in [7, 11) is -3.40. The molecule has 0 radical (unpaired) electrons. The van der Waals surface area contributed by atoms with Crippen molar-refractivity contribution in [3.8, 4) is 0 Å². The second kappa shape index (κ2) is 6.86. The number of pyridine rings is 1. The Morgan fingerprint density at radius 3 is 2.81 bits per heavy atom. The molecular formula is C13H20N4O3S. The molecule has 1 aromatic rings. The Labute approximate surface area is 124 Å². The lowest BCUT2D eigenvalue weighted by Gasteiger charge is -2.19. The Morgan fingerprint density at radius 2 is 2.14 bits per heavy atom. The standard InChI is InChI=1S/C13H20N4O3S/c14-13(16-18)11-2-1-3-12(11)17-21(19,20)9-6-10-4-7-15-8-5-10/h4-5,7-8,11-12,17-18H,1-3,6,9H2,(H2,14,16). The van der Waals surface area contributed by atoms with Crippen LogP contribution in [0.15, 0.2) is 29.7 Å². The number of nitrogens with zero attached hydrogens (tertiary/aromatic N) is 2. The van der Waals surface area contributed by atoms with Gasteiger partial charge in [-0.1, -0.05) is 11.6 Å². The molecule has 0 aliphatic heterocycles. The molecule has 21 heavy (non-hydrogen) atoms. The summed E-state index contributed by atoms with van der Waals surface area (Å²) >= 11 is 0. The van der Waals surface area contributed by atoms with Gasteiger partial charge in [0, 0.05) is 24.4 Å². The summed E-state index contributed by atoms with van der Waals surface area (Å²) in [6.45, 7) is 0. The predicted octanol–water partition coefficient (Wildman–Crippen LogP) is 0.459. The molecule has 4 N–H and O–H groups in total. The number of nitrogens with one attached hydrogen (secondary N) is 1. The third-order valence-electron chi connectivity index (χ3n) is 3.75. The first-order chi connectivity index (χ1) is 10.0. The lowest BCUT2D eigenvalue weighted by Crippen LogP contribution is -2.43. The zero-order chi connectivity index (χ0) is 15.3. The summed E-state index contributed by atoms with van der Waals surface area (Å²) in [5, 5.41) is 11.7. The average molecular weight is 312 g/mol. The fourth-order valence-electron chi connectivity index (χ4n) is 2.62. The first-order valence-electron chi connectivity index (χ1n) is 6.88. The van der Waals surface area contributed by atoms with Gasteiger partial charge in [-0.3, -0.25) is 4.98 Å². The van der Waals surface area contributed by atoms with Gasteiger partial charge in [-0.25, -0.2) is 13.1 Å². The molecule has 0 amide bonds. The van der Waals surface area contributed by atoms with E-state index in [1.54, 1.807) is 24.5 Å². The fourth-order valence-corrected chi connectivity index (χ4v) is 3.99. The van der Waals surface area contributed by atoms with Gasteiger partial charge in [-0.2, -0.15) is 0 Å². The van der Waals surface area contributed by atoms with Gasteiger partial charge >= 0.3 is 0 Å². The minimum Gasteiger partial charge on any atom is -0.409 e. The average Bonchev–Trinajstić information content (AvgIpc) is 2.93. The van der Waals surface area contributed by atoms with Crippen molar-refractivity contribution in [3.05, 3.63) is 30.1 Å². The monoisotopic (exact) mass is 312 g/mol. The maximum atomic E-state index is 12.1. The van der Waals surface area contributed by atoms with Crippen LogP contribution >= 0.6 is 0 Å². The Morgan fingerprint density at radius 1 is 1.43 bits per heavy atom. The third-order valence-corrected chi connectivity index (χ3v) is 5.15. The van der Waals surface area contributed by atoms with Gasteiger partial charge in [0.1, 0.15) is 5.84 Å². The zero-order valence-electron chi connectivity index (χ0n) is 11.6. The van der Waals surface area contributed by atoms with Crippen LogP contribution in [0.5, 0.6) is 0 Å². The van der Waals surface area contributed by atoms with Crippen molar-refractivity contribution in [2.75, 3.05) is 5.75 Å². The van der Waals surface area contributed by atoms with Gasteiger partial charge in [0.05, 0.1) is 5.75 Å². The van der Waals surface area contributed by atoms with E-state index in [0.29, 0.717) is 12.8 Å². The van der Waals surface area contributed by atoms with Crippen molar-refractivity contribution in [2.45, 2.75) is 31.7 Å². The van der Waals surface area contributed by atoms with E-state index >= 15 is 0 Å². The van der Waals surface area contributed by atoms with Crippen molar-refractivity contribution in [1.82, 2.24) is 9.71 Å². The highest BCUT2D eigenvalue weighted by Crippen LogP contribution is 2.26. The predicted molar refractivity (Wildman–Crippen MR) is 79.4 cm³/mol. The Bertz CT molecular complexity index is 589. The summed E-state index contributed by atoms with van der Waals surface area (Å²) in [5.74, 6) is -0.129. The Kier molecular flexibility index (Phi) is 5.13. The molecule has 1 saturated carbocycles. The van der Waals surface area contributed by atoms with Gasteiger partial charge in [0.25, 0.3) is 0 Å². The molecule has 2 unspecified atom stereocenters. The molecule has 1 heterocycles. The van der Waals surface area contributed by atoms with Gasteiger partial charge in [0.15, 0.2) is 0 Å². The summed E-state index contributed by atoms with van der Waals surface area (Å²) in [6.07, 6.45) is 6.00.